The molecule has 0 fully saturated rings. The van der Waals surface area contributed by atoms with Crippen molar-refractivity contribution in [3.05, 3.63) is 12.2 Å². The van der Waals surface area contributed by atoms with Crippen molar-refractivity contribution in [1.29, 1.82) is 0 Å². The van der Waals surface area contributed by atoms with Crippen LogP contribution in [0.25, 0.3) is 0 Å². The summed E-state index contributed by atoms with van der Waals surface area (Å²) >= 11 is 0. The van der Waals surface area contributed by atoms with Crippen molar-refractivity contribution < 1.29 is 22.5 Å². The first-order valence-electron chi connectivity index (χ1n) is 6.82. The largest absolute Gasteiger partial charge is 0.751 e. The number of carbonyl (C=O) groups is 1. The van der Waals surface area contributed by atoms with Crippen molar-refractivity contribution >= 4 is 15.0 Å². The highest BCUT2D eigenvalue weighted by Gasteiger charge is 2.49. The van der Waals surface area contributed by atoms with Gasteiger partial charge in [-0.2, -0.15) is 0 Å². The number of hydrogen-bond donors (Lipinski definition) is 0. The summed E-state index contributed by atoms with van der Waals surface area (Å²) in [5.41, 5.74) is 0.303. The van der Waals surface area contributed by atoms with Crippen LogP contribution in [0.2, 0.25) is 0 Å². The predicted molar refractivity (Wildman–Crippen MR) is 75.4 cm³/mol. The van der Waals surface area contributed by atoms with Crippen LogP contribution < -0.4 is 0 Å². The first-order valence-corrected chi connectivity index (χ1v) is 8.45. The van der Waals surface area contributed by atoms with Crippen LogP contribution in [-0.4, -0.2) is 34.8 Å². The molecule has 6 heteroatoms. The molecule has 0 radical (unpaired) electrons. The lowest BCUT2D eigenvalue weighted by atomic mass is 10.4. The average molecular weight is 290 g/mol. The Morgan fingerprint density at radius 3 is 1.58 bits per heavy atom. The van der Waals surface area contributed by atoms with Crippen LogP contribution in [-0.2, 0) is 22.5 Å². The molecule has 0 atom stereocenters. The third-order valence-corrected chi connectivity index (χ3v) is 4.12. The van der Waals surface area contributed by atoms with E-state index in [1.54, 1.807) is 6.92 Å². The molecule has 5 nitrogen and oxygen atoms in total. The van der Waals surface area contributed by atoms with Gasteiger partial charge in [-0.05, 0) is 26.2 Å². The van der Waals surface area contributed by atoms with Crippen LogP contribution in [0.5, 0.6) is 0 Å². The highest BCUT2D eigenvalue weighted by atomic mass is 28.4. The lowest BCUT2D eigenvalue weighted by molar-refractivity contribution is -0.140. The lowest BCUT2D eigenvalue weighted by Crippen LogP contribution is -2.51. The highest BCUT2D eigenvalue weighted by molar-refractivity contribution is 6.55. The fourth-order valence-corrected chi connectivity index (χ4v) is 3.29. The van der Waals surface area contributed by atoms with Gasteiger partial charge < -0.3 is 17.7 Å². The minimum Gasteiger partial charge on any atom is -0.448 e. The monoisotopic (exact) mass is 290 g/mol. The van der Waals surface area contributed by atoms with E-state index in [1.165, 1.54) is 0 Å². The van der Waals surface area contributed by atoms with E-state index >= 15 is 0 Å². The number of rotatable bonds is 11. The van der Waals surface area contributed by atoms with Gasteiger partial charge in [0, 0.05) is 25.4 Å². The van der Waals surface area contributed by atoms with Crippen molar-refractivity contribution in [1.82, 2.24) is 0 Å². The van der Waals surface area contributed by atoms with Gasteiger partial charge in [0.2, 0.25) is 0 Å². The summed E-state index contributed by atoms with van der Waals surface area (Å²) in [6.45, 7) is 12.4. The van der Waals surface area contributed by atoms with Crippen LogP contribution in [0, 0.1) is 0 Å². The maximum Gasteiger partial charge on any atom is 0.751 e. The molecule has 0 N–H and O–H groups in total. The van der Waals surface area contributed by atoms with Crippen LogP contribution in [0.1, 0.15) is 47.0 Å². The maximum absolute atomic E-state index is 11.7. The Kier molecular flexibility index (Phi) is 9.77. The summed E-state index contributed by atoms with van der Waals surface area (Å²) in [6.07, 6.45) is 2.39. The van der Waals surface area contributed by atoms with Crippen molar-refractivity contribution in [2.75, 3.05) is 19.8 Å². The van der Waals surface area contributed by atoms with Gasteiger partial charge in [-0.1, -0.05) is 27.4 Å². The van der Waals surface area contributed by atoms with Gasteiger partial charge in [0.25, 0.3) is 0 Å². The molecule has 0 bridgehead atoms. The number of hydrogen-bond acceptors (Lipinski definition) is 5. The van der Waals surface area contributed by atoms with Crippen LogP contribution in [0.3, 0.4) is 0 Å². The van der Waals surface area contributed by atoms with Gasteiger partial charge in [-0.3, -0.25) is 0 Å². The molecule has 0 aliphatic heterocycles. The van der Waals surface area contributed by atoms with Crippen LogP contribution in [0.15, 0.2) is 12.2 Å². The Balaban J connectivity index is 4.85. The Hall–Kier alpha value is -0.693. The molecule has 0 aromatic carbocycles. The summed E-state index contributed by atoms with van der Waals surface area (Å²) < 4.78 is 22.2. The second kappa shape index (κ2) is 10.1. The van der Waals surface area contributed by atoms with Crippen LogP contribution in [0.4, 0.5) is 0 Å². The zero-order valence-corrected chi connectivity index (χ0v) is 13.5. The van der Waals surface area contributed by atoms with E-state index in [0.29, 0.717) is 25.4 Å². The van der Waals surface area contributed by atoms with Gasteiger partial charge in [0.05, 0.1) is 0 Å². The zero-order chi connectivity index (χ0) is 14.7. The van der Waals surface area contributed by atoms with Crippen molar-refractivity contribution in [3.63, 3.8) is 0 Å². The second-order valence-corrected chi connectivity index (χ2v) is 6.29. The van der Waals surface area contributed by atoms with Gasteiger partial charge in [0.1, 0.15) is 0 Å². The molecular formula is C13H26O5Si. The van der Waals surface area contributed by atoms with Gasteiger partial charge in [-0.25, -0.2) is 4.79 Å². The smallest absolute Gasteiger partial charge is 0.448 e. The molecule has 0 heterocycles. The molecule has 19 heavy (non-hydrogen) atoms. The summed E-state index contributed by atoms with van der Waals surface area (Å²) in [5, 5.41) is 0. The Bertz CT molecular complexity index is 258. The molecule has 0 aliphatic carbocycles. The van der Waals surface area contributed by atoms with E-state index in [0.717, 1.165) is 19.3 Å². The number of carbonyl (C=O) groups excluding carboxylic acids is 1. The van der Waals surface area contributed by atoms with E-state index in [1.807, 2.05) is 20.8 Å². The fraction of sp³-hybridized carbons (Fsp3) is 0.769. The third-order valence-electron chi connectivity index (χ3n) is 2.02. The van der Waals surface area contributed by atoms with E-state index in [4.69, 9.17) is 17.7 Å². The Morgan fingerprint density at radius 2 is 1.32 bits per heavy atom. The molecule has 112 valence electrons. The normalized spacial score (nSPS) is 11.4. The molecule has 0 rings (SSSR count). The third kappa shape index (κ3) is 7.46. The van der Waals surface area contributed by atoms with E-state index in [-0.39, 0.29) is 0 Å². The van der Waals surface area contributed by atoms with E-state index < -0.39 is 15.0 Å². The van der Waals surface area contributed by atoms with Gasteiger partial charge in [0.15, 0.2) is 0 Å². The van der Waals surface area contributed by atoms with E-state index in [9.17, 15) is 4.79 Å². The molecule has 0 saturated heterocycles. The van der Waals surface area contributed by atoms with Gasteiger partial charge in [-0.15, -0.1) is 0 Å². The zero-order valence-electron chi connectivity index (χ0n) is 12.5. The Labute approximate surface area is 117 Å². The predicted octanol–water partition coefficient (Wildman–Crippen LogP) is 2.82. The molecule has 0 amide bonds. The van der Waals surface area contributed by atoms with E-state index in [2.05, 4.69) is 6.58 Å². The van der Waals surface area contributed by atoms with Crippen molar-refractivity contribution in [2.45, 2.75) is 47.0 Å². The second-order valence-electron chi connectivity index (χ2n) is 4.22. The molecular weight excluding hydrogens is 264 g/mol. The lowest BCUT2D eigenvalue weighted by Gasteiger charge is -2.27. The summed E-state index contributed by atoms with van der Waals surface area (Å²) in [5.74, 6) is -0.532. The standard InChI is InChI=1S/C13H26O5Si/c1-6-9-15-19(16-10-7-2,17-11-8-3)18-13(14)12(4)5/h4,6-11H2,1-3,5H3. The Morgan fingerprint density at radius 1 is 0.947 bits per heavy atom. The topological polar surface area (TPSA) is 54.0 Å². The SMILES string of the molecule is C=C(C)C(=O)O[Si](OCCC)(OCCC)OCCC. The quantitative estimate of drug-likeness (QED) is 0.432. The summed E-state index contributed by atoms with van der Waals surface area (Å²) in [7, 11) is -3.39. The minimum absolute atomic E-state index is 0.303. The van der Waals surface area contributed by atoms with Crippen molar-refractivity contribution in [2.24, 2.45) is 0 Å². The molecule has 0 aromatic heterocycles. The minimum atomic E-state index is -3.39. The van der Waals surface area contributed by atoms with Gasteiger partial charge >= 0.3 is 15.0 Å². The van der Waals surface area contributed by atoms with Crippen molar-refractivity contribution in [3.8, 4) is 0 Å². The molecule has 0 aromatic rings. The highest BCUT2D eigenvalue weighted by Crippen LogP contribution is 2.15. The fourth-order valence-electron chi connectivity index (χ4n) is 1.10. The van der Waals surface area contributed by atoms with Crippen LogP contribution >= 0.6 is 0 Å². The molecule has 0 spiro atoms. The molecule has 0 aliphatic rings. The maximum atomic E-state index is 11.7. The molecule has 0 unspecified atom stereocenters. The first-order chi connectivity index (χ1) is 9.01. The summed E-state index contributed by atoms with van der Waals surface area (Å²) in [4.78, 5) is 11.7. The average Bonchev–Trinajstić information content (AvgIpc) is 2.40. The molecule has 0 saturated carbocycles. The summed E-state index contributed by atoms with van der Waals surface area (Å²) in [6, 6.07) is 0. The first kappa shape index (κ1) is 18.3.